The Bertz CT molecular complexity index is 206. The van der Waals surface area contributed by atoms with E-state index in [1.54, 1.807) is 0 Å². The molecule has 0 radical (unpaired) electrons. The van der Waals surface area contributed by atoms with Crippen LogP contribution in [0, 0.1) is 11.8 Å². The van der Waals surface area contributed by atoms with Crippen molar-refractivity contribution in [3.63, 3.8) is 0 Å². The highest BCUT2D eigenvalue weighted by atomic mass is 35.5. The van der Waals surface area contributed by atoms with Crippen LogP contribution in [-0.2, 0) is 4.79 Å². The first-order valence-electron chi connectivity index (χ1n) is 5.77. The highest BCUT2D eigenvalue weighted by molar-refractivity contribution is 5.85. The van der Waals surface area contributed by atoms with Gasteiger partial charge in [0.1, 0.15) is 6.10 Å². The van der Waals surface area contributed by atoms with Gasteiger partial charge in [-0.3, -0.25) is 4.79 Å². The number of hydrogen-bond donors (Lipinski definition) is 3. The molecule has 4 nitrogen and oxygen atoms in total. The van der Waals surface area contributed by atoms with Gasteiger partial charge in [0, 0.05) is 6.54 Å². The van der Waals surface area contributed by atoms with E-state index in [0.717, 1.165) is 25.9 Å². The molecule has 1 atom stereocenters. The number of halogens is 1. The maximum absolute atomic E-state index is 11.5. The number of nitrogens with one attached hydrogen (secondary N) is 2. The van der Waals surface area contributed by atoms with Crippen LogP contribution >= 0.6 is 12.4 Å². The minimum atomic E-state index is -0.869. The topological polar surface area (TPSA) is 61.4 Å². The SMILES string of the molecule is CC(C)[C@H](O)C(=O)NCC1CCNCC1.Cl. The predicted molar refractivity (Wildman–Crippen MR) is 66.7 cm³/mol. The van der Waals surface area contributed by atoms with E-state index >= 15 is 0 Å². The first-order chi connectivity index (χ1) is 7.11. The third kappa shape index (κ3) is 5.14. The molecule has 1 fully saturated rings. The molecule has 1 rings (SSSR count). The molecule has 1 aliphatic rings. The molecular weight excluding hydrogens is 228 g/mol. The molecule has 0 aromatic rings. The standard InChI is InChI=1S/C11H22N2O2.ClH/c1-8(2)10(14)11(15)13-7-9-3-5-12-6-4-9;/h8-10,12,14H,3-7H2,1-2H3,(H,13,15);1H/t10-;/m0./s1. The van der Waals surface area contributed by atoms with Crippen LogP contribution in [0.1, 0.15) is 26.7 Å². The molecule has 5 heteroatoms. The van der Waals surface area contributed by atoms with Crippen molar-refractivity contribution in [1.82, 2.24) is 10.6 Å². The minimum absolute atomic E-state index is 0. The van der Waals surface area contributed by atoms with Crippen LogP contribution in [0.2, 0.25) is 0 Å². The van der Waals surface area contributed by atoms with E-state index in [2.05, 4.69) is 10.6 Å². The Hall–Kier alpha value is -0.320. The molecule has 1 amide bonds. The molecule has 0 aromatic carbocycles. The maximum Gasteiger partial charge on any atom is 0.249 e. The van der Waals surface area contributed by atoms with E-state index in [1.807, 2.05) is 13.8 Å². The first-order valence-corrected chi connectivity index (χ1v) is 5.77. The zero-order valence-corrected chi connectivity index (χ0v) is 10.8. The summed E-state index contributed by atoms with van der Waals surface area (Å²) in [7, 11) is 0. The van der Waals surface area contributed by atoms with Gasteiger partial charge in [0.05, 0.1) is 0 Å². The zero-order chi connectivity index (χ0) is 11.3. The molecule has 0 saturated carbocycles. The number of rotatable bonds is 4. The number of amides is 1. The maximum atomic E-state index is 11.5. The Morgan fingerprint density at radius 2 is 2.00 bits per heavy atom. The van der Waals surface area contributed by atoms with Crippen molar-refractivity contribution in [1.29, 1.82) is 0 Å². The average molecular weight is 251 g/mol. The Morgan fingerprint density at radius 1 is 1.44 bits per heavy atom. The summed E-state index contributed by atoms with van der Waals surface area (Å²) in [4.78, 5) is 11.5. The molecule has 1 heterocycles. The van der Waals surface area contributed by atoms with Gasteiger partial charge in [-0.15, -0.1) is 12.4 Å². The van der Waals surface area contributed by atoms with Gasteiger partial charge in [-0.05, 0) is 37.8 Å². The smallest absolute Gasteiger partial charge is 0.249 e. The number of aliphatic hydroxyl groups excluding tert-OH is 1. The summed E-state index contributed by atoms with van der Waals surface area (Å²) in [6.07, 6.45) is 1.35. The summed E-state index contributed by atoms with van der Waals surface area (Å²) >= 11 is 0. The van der Waals surface area contributed by atoms with E-state index in [0.29, 0.717) is 12.5 Å². The third-order valence-corrected chi connectivity index (χ3v) is 2.92. The van der Waals surface area contributed by atoms with Crippen LogP contribution in [-0.4, -0.2) is 36.8 Å². The van der Waals surface area contributed by atoms with Gasteiger partial charge in [-0.1, -0.05) is 13.8 Å². The van der Waals surface area contributed by atoms with Crippen molar-refractivity contribution in [2.75, 3.05) is 19.6 Å². The Balaban J connectivity index is 0.00000225. The number of aliphatic hydroxyl groups is 1. The molecule has 3 N–H and O–H groups in total. The fraction of sp³-hybridized carbons (Fsp3) is 0.909. The average Bonchev–Trinajstić information content (AvgIpc) is 2.26. The third-order valence-electron chi connectivity index (χ3n) is 2.92. The fourth-order valence-electron chi connectivity index (χ4n) is 1.74. The summed E-state index contributed by atoms with van der Waals surface area (Å²) in [5.74, 6) is 0.316. The second-order valence-corrected chi connectivity index (χ2v) is 4.63. The zero-order valence-electron chi connectivity index (χ0n) is 10.0. The Kier molecular flexibility index (Phi) is 7.72. The van der Waals surface area contributed by atoms with Crippen molar-refractivity contribution in [3.05, 3.63) is 0 Å². The molecule has 0 bridgehead atoms. The summed E-state index contributed by atoms with van der Waals surface area (Å²) < 4.78 is 0. The van der Waals surface area contributed by atoms with Gasteiger partial charge in [0.25, 0.3) is 0 Å². The van der Waals surface area contributed by atoms with Gasteiger partial charge in [-0.25, -0.2) is 0 Å². The number of carbonyl (C=O) groups excluding carboxylic acids is 1. The second-order valence-electron chi connectivity index (χ2n) is 4.63. The van der Waals surface area contributed by atoms with Gasteiger partial charge < -0.3 is 15.7 Å². The lowest BCUT2D eigenvalue weighted by molar-refractivity contribution is -0.131. The molecule has 0 spiro atoms. The van der Waals surface area contributed by atoms with E-state index in [9.17, 15) is 9.90 Å². The lowest BCUT2D eigenvalue weighted by atomic mass is 9.98. The van der Waals surface area contributed by atoms with Crippen molar-refractivity contribution < 1.29 is 9.90 Å². The van der Waals surface area contributed by atoms with Crippen LogP contribution in [0.4, 0.5) is 0 Å². The summed E-state index contributed by atoms with van der Waals surface area (Å²) in [6, 6.07) is 0. The number of piperidine rings is 1. The van der Waals surface area contributed by atoms with Crippen molar-refractivity contribution in [3.8, 4) is 0 Å². The molecule has 0 unspecified atom stereocenters. The quantitative estimate of drug-likeness (QED) is 0.683. The van der Waals surface area contributed by atoms with Gasteiger partial charge in [-0.2, -0.15) is 0 Å². The molecular formula is C11H23ClN2O2. The van der Waals surface area contributed by atoms with E-state index in [-0.39, 0.29) is 24.2 Å². The highest BCUT2D eigenvalue weighted by Gasteiger charge is 2.20. The summed E-state index contributed by atoms with van der Waals surface area (Å²) in [5, 5.41) is 15.6. The van der Waals surface area contributed by atoms with E-state index in [4.69, 9.17) is 0 Å². The first kappa shape index (κ1) is 15.7. The van der Waals surface area contributed by atoms with Gasteiger partial charge in [0.2, 0.25) is 5.91 Å². The highest BCUT2D eigenvalue weighted by Crippen LogP contribution is 2.10. The molecule has 0 aromatic heterocycles. The molecule has 1 aliphatic heterocycles. The number of hydrogen-bond acceptors (Lipinski definition) is 3. The van der Waals surface area contributed by atoms with Crippen LogP contribution in [0.3, 0.4) is 0 Å². The van der Waals surface area contributed by atoms with Crippen LogP contribution in [0.25, 0.3) is 0 Å². The van der Waals surface area contributed by atoms with Gasteiger partial charge >= 0.3 is 0 Å². The lowest BCUT2D eigenvalue weighted by Gasteiger charge is -2.23. The monoisotopic (exact) mass is 250 g/mol. The molecule has 0 aliphatic carbocycles. The summed E-state index contributed by atoms with van der Waals surface area (Å²) in [5.41, 5.74) is 0. The summed E-state index contributed by atoms with van der Waals surface area (Å²) in [6.45, 7) is 6.45. The lowest BCUT2D eigenvalue weighted by Crippen LogP contribution is -2.42. The van der Waals surface area contributed by atoms with E-state index < -0.39 is 6.10 Å². The van der Waals surface area contributed by atoms with Crippen LogP contribution < -0.4 is 10.6 Å². The molecule has 96 valence electrons. The fourth-order valence-corrected chi connectivity index (χ4v) is 1.74. The molecule has 16 heavy (non-hydrogen) atoms. The largest absolute Gasteiger partial charge is 0.383 e. The Morgan fingerprint density at radius 3 is 2.50 bits per heavy atom. The van der Waals surface area contributed by atoms with Crippen molar-refractivity contribution in [2.45, 2.75) is 32.8 Å². The van der Waals surface area contributed by atoms with Crippen molar-refractivity contribution >= 4 is 18.3 Å². The molecule has 1 saturated heterocycles. The van der Waals surface area contributed by atoms with E-state index in [1.165, 1.54) is 0 Å². The normalized spacial score (nSPS) is 19.0. The number of carbonyl (C=O) groups is 1. The van der Waals surface area contributed by atoms with Gasteiger partial charge in [0.15, 0.2) is 0 Å². The van der Waals surface area contributed by atoms with Crippen LogP contribution in [0.5, 0.6) is 0 Å². The Labute approximate surface area is 104 Å². The van der Waals surface area contributed by atoms with Crippen molar-refractivity contribution in [2.24, 2.45) is 11.8 Å². The van der Waals surface area contributed by atoms with Crippen LogP contribution in [0.15, 0.2) is 0 Å². The second kappa shape index (κ2) is 7.87. The minimum Gasteiger partial charge on any atom is -0.383 e. The predicted octanol–water partition coefficient (Wildman–Crippen LogP) is 0.541.